The Kier molecular flexibility index (Phi) is 7.09. The first-order valence-electron chi connectivity index (χ1n) is 10.5. The van der Waals surface area contributed by atoms with Gasteiger partial charge in [0.25, 0.3) is 11.8 Å². The Balaban J connectivity index is 1.84. The van der Waals surface area contributed by atoms with Gasteiger partial charge in [-0.15, -0.1) is 11.3 Å². The smallest absolute Gasteiger partial charge is 0.256 e. The summed E-state index contributed by atoms with van der Waals surface area (Å²) in [7, 11) is -2.12. The van der Waals surface area contributed by atoms with Crippen LogP contribution in [0.3, 0.4) is 0 Å². The summed E-state index contributed by atoms with van der Waals surface area (Å²) in [5.74, 6) is -0.984. The lowest BCUT2D eigenvalue weighted by Crippen LogP contribution is -2.35. The molecule has 0 bridgehead atoms. The molecule has 0 fully saturated rings. The Morgan fingerprint density at radius 3 is 2.31 bits per heavy atom. The van der Waals surface area contributed by atoms with Crippen LogP contribution < -0.4 is 11.1 Å². The number of hydrogen-bond acceptors (Lipinski definition) is 6. The molecular weight excluding hydrogens is 448 g/mol. The highest BCUT2D eigenvalue weighted by Crippen LogP contribution is 2.37. The number of fused-ring (bicyclic) bond motifs is 1. The molecule has 1 aliphatic heterocycles. The van der Waals surface area contributed by atoms with Gasteiger partial charge < -0.3 is 11.1 Å². The van der Waals surface area contributed by atoms with E-state index in [1.165, 1.54) is 47.0 Å². The van der Waals surface area contributed by atoms with Crippen LogP contribution >= 0.6 is 11.3 Å². The number of sulfonamides is 1. The molecule has 0 spiro atoms. The second-order valence-electron chi connectivity index (χ2n) is 8.48. The van der Waals surface area contributed by atoms with Crippen molar-refractivity contribution >= 4 is 38.2 Å². The fourth-order valence-corrected chi connectivity index (χ4v) is 6.25. The van der Waals surface area contributed by atoms with Gasteiger partial charge >= 0.3 is 0 Å². The van der Waals surface area contributed by atoms with Gasteiger partial charge in [0.05, 0.1) is 10.5 Å². The zero-order chi connectivity index (χ0) is 23.8. The molecule has 0 unspecified atom stereocenters. The third-order valence-electron chi connectivity index (χ3n) is 5.81. The zero-order valence-electron chi connectivity index (χ0n) is 19.0. The van der Waals surface area contributed by atoms with Crippen molar-refractivity contribution in [3.8, 4) is 0 Å². The summed E-state index contributed by atoms with van der Waals surface area (Å²) in [4.78, 5) is 28.5. The highest BCUT2D eigenvalue weighted by Gasteiger charge is 2.29. The van der Waals surface area contributed by atoms with E-state index < -0.39 is 21.8 Å². The van der Waals surface area contributed by atoms with Gasteiger partial charge in [-0.2, -0.15) is 4.31 Å². The summed E-state index contributed by atoms with van der Waals surface area (Å²) < 4.78 is 26.5. The topological polar surface area (TPSA) is 113 Å². The SMILES string of the molecule is CC(C)N1CCc2c(sc(NC(=O)c3ccc(S(=O)(=O)N(C)C(C)C)cc3)c2C(N)=O)C1. The number of benzene rings is 1. The van der Waals surface area contributed by atoms with Crippen molar-refractivity contribution in [1.82, 2.24) is 9.21 Å². The summed E-state index contributed by atoms with van der Waals surface area (Å²) in [5, 5.41) is 3.25. The van der Waals surface area contributed by atoms with E-state index in [0.29, 0.717) is 35.1 Å². The molecule has 0 saturated carbocycles. The summed E-state index contributed by atoms with van der Waals surface area (Å²) >= 11 is 1.37. The molecule has 8 nitrogen and oxygen atoms in total. The molecule has 3 rings (SSSR count). The van der Waals surface area contributed by atoms with Crippen LogP contribution in [-0.4, -0.2) is 55.1 Å². The van der Waals surface area contributed by atoms with Crippen molar-refractivity contribution in [3.63, 3.8) is 0 Å². The van der Waals surface area contributed by atoms with Crippen LogP contribution in [0.4, 0.5) is 5.00 Å². The van der Waals surface area contributed by atoms with Crippen molar-refractivity contribution in [2.75, 3.05) is 18.9 Å². The van der Waals surface area contributed by atoms with Crippen molar-refractivity contribution in [3.05, 3.63) is 45.8 Å². The Morgan fingerprint density at radius 1 is 1.16 bits per heavy atom. The van der Waals surface area contributed by atoms with Crippen LogP contribution in [0.5, 0.6) is 0 Å². The number of nitrogens with one attached hydrogen (secondary N) is 1. The normalized spacial score (nSPS) is 14.8. The summed E-state index contributed by atoms with van der Waals surface area (Å²) in [6, 6.07) is 5.95. The Morgan fingerprint density at radius 2 is 1.78 bits per heavy atom. The monoisotopic (exact) mass is 478 g/mol. The van der Waals surface area contributed by atoms with Crippen LogP contribution in [0.1, 0.15) is 58.9 Å². The fraction of sp³-hybridized carbons (Fsp3) is 0.455. The van der Waals surface area contributed by atoms with Gasteiger partial charge in [-0.25, -0.2) is 8.42 Å². The average Bonchev–Trinajstić information content (AvgIpc) is 3.10. The predicted molar refractivity (Wildman–Crippen MR) is 127 cm³/mol. The van der Waals surface area contributed by atoms with E-state index in [1.54, 1.807) is 13.8 Å². The van der Waals surface area contributed by atoms with Crippen molar-refractivity contribution in [2.45, 2.75) is 57.6 Å². The van der Waals surface area contributed by atoms with E-state index in [9.17, 15) is 18.0 Å². The molecule has 1 aromatic heterocycles. The molecule has 0 saturated heterocycles. The minimum Gasteiger partial charge on any atom is -0.365 e. The minimum atomic E-state index is -3.63. The molecule has 0 atom stereocenters. The second-order valence-corrected chi connectivity index (χ2v) is 11.6. The van der Waals surface area contributed by atoms with Crippen LogP contribution in [0.15, 0.2) is 29.2 Å². The third-order valence-corrected chi connectivity index (χ3v) is 8.99. The molecule has 1 aliphatic rings. The Bertz CT molecular complexity index is 1120. The largest absolute Gasteiger partial charge is 0.365 e. The Labute approximate surface area is 193 Å². The lowest BCUT2D eigenvalue weighted by atomic mass is 10.0. The van der Waals surface area contributed by atoms with Gasteiger partial charge in [0.15, 0.2) is 0 Å². The number of nitrogens with zero attached hydrogens (tertiary/aromatic N) is 2. The molecule has 10 heteroatoms. The molecule has 174 valence electrons. The van der Waals surface area contributed by atoms with E-state index in [-0.39, 0.29) is 10.9 Å². The number of carbonyl (C=O) groups excluding carboxylic acids is 2. The van der Waals surface area contributed by atoms with Gasteiger partial charge in [0.2, 0.25) is 10.0 Å². The molecule has 3 N–H and O–H groups in total. The number of rotatable bonds is 7. The van der Waals surface area contributed by atoms with E-state index in [4.69, 9.17) is 5.73 Å². The lowest BCUT2D eigenvalue weighted by Gasteiger charge is -2.30. The van der Waals surface area contributed by atoms with Gasteiger partial charge in [0.1, 0.15) is 5.00 Å². The second kappa shape index (κ2) is 9.30. The minimum absolute atomic E-state index is 0.114. The summed E-state index contributed by atoms with van der Waals surface area (Å²) in [5.41, 5.74) is 7.22. The molecule has 2 aromatic rings. The number of nitrogens with two attached hydrogens (primary N) is 1. The number of amides is 2. The van der Waals surface area contributed by atoms with Crippen LogP contribution in [0, 0.1) is 0 Å². The number of thiophene rings is 1. The maximum Gasteiger partial charge on any atom is 0.256 e. The number of carbonyl (C=O) groups is 2. The molecule has 1 aromatic carbocycles. The number of anilines is 1. The number of primary amides is 1. The molecule has 2 heterocycles. The van der Waals surface area contributed by atoms with Crippen molar-refractivity contribution in [1.29, 1.82) is 0 Å². The first-order valence-corrected chi connectivity index (χ1v) is 12.8. The molecule has 32 heavy (non-hydrogen) atoms. The van der Waals surface area contributed by atoms with Crippen molar-refractivity contribution in [2.24, 2.45) is 5.73 Å². The van der Waals surface area contributed by atoms with Gasteiger partial charge in [0, 0.05) is 42.7 Å². The highest BCUT2D eigenvalue weighted by molar-refractivity contribution is 7.89. The van der Waals surface area contributed by atoms with E-state index in [2.05, 4.69) is 24.1 Å². The Hall–Kier alpha value is -2.27. The molecule has 2 amide bonds. The van der Waals surface area contributed by atoms with Crippen molar-refractivity contribution < 1.29 is 18.0 Å². The molecular formula is C22H30N4O4S2. The quantitative estimate of drug-likeness (QED) is 0.635. The summed E-state index contributed by atoms with van der Waals surface area (Å²) in [6.07, 6.45) is 0.702. The average molecular weight is 479 g/mol. The van der Waals surface area contributed by atoms with Gasteiger partial charge in [-0.05, 0) is 63.9 Å². The van der Waals surface area contributed by atoms with Crippen LogP contribution in [0.2, 0.25) is 0 Å². The first-order chi connectivity index (χ1) is 14.9. The van der Waals surface area contributed by atoms with Crippen LogP contribution in [0.25, 0.3) is 0 Å². The maximum atomic E-state index is 12.9. The van der Waals surface area contributed by atoms with Gasteiger partial charge in [-0.3, -0.25) is 14.5 Å². The maximum absolute atomic E-state index is 12.9. The zero-order valence-corrected chi connectivity index (χ0v) is 20.6. The van der Waals surface area contributed by atoms with E-state index >= 15 is 0 Å². The number of hydrogen-bond donors (Lipinski definition) is 2. The predicted octanol–water partition coefficient (Wildman–Crippen LogP) is 2.89. The van der Waals surface area contributed by atoms with E-state index in [1.807, 2.05) is 0 Å². The van der Waals surface area contributed by atoms with Gasteiger partial charge in [-0.1, -0.05) is 0 Å². The highest BCUT2D eigenvalue weighted by atomic mass is 32.2. The fourth-order valence-electron chi connectivity index (χ4n) is 3.61. The standard InChI is InChI=1S/C22H30N4O4S2/c1-13(2)25(5)32(29,30)16-8-6-15(7-9-16)21(28)24-22-19(20(23)27)17-10-11-26(14(3)4)12-18(17)31-22/h6-9,13-14H,10-12H2,1-5H3,(H2,23,27)(H,24,28). The molecule has 0 aliphatic carbocycles. The van der Waals surface area contributed by atoms with Crippen LogP contribution in [-0.2, 0) is 23.0 Å². The summed E-state index contributed by atoms with van der Waals surface area (Å²) in [6.45, 7) is 9.37. The van der Waals surface area contributed by atoms with E-state index in [0.717, 1.165) is 17.0 Å². The third kappa shape index (κ3) is 4.73. The lowest BCUT2D eigenvalue weighted by molar-refractivity contribution is 0.0999. The molecule has 0 radical (unpaired) electrons. The first kappa shape index (κ1) is 24.4.